The molecule has 1 aliphatic heterocycles. The maximum Gasteiger partial charge on any atom is 0.258 e. The van der Waals surface area contributed by atoms with Crippen LogP contribution < -0.4 is 10.5 Å². The Morgan fingerprint density at radius 1 is 1.06 bits per heavy atom. The quantitative estimate of drug-likeness (QED) is 0.515. The summed E-state index contributed by atoms with van der Waals surface area (Å²) in [6.07, 6.45) is 2.62. The summed E-state index contributed by atoms with van der Waals surface area (Å²) < 4.78 is 28.8. The number of aromatic nitrogens is 2. The monoisotopic (exact) mass is 457 g/mol. The minimum Gasteiger partial charge on any atom is -0.370 e. The second kappa shape index (κ2) is 9.02. The van der Waals surface area contributed by atoms with Gasteiger partial charge in [-0.05, 0) is 81.3 Å². The third kappa shape index (κ3) is 4.56. The van der Waals surface area contributed by atoms with Crippen LogP contribution in [-0.4, -0.2) is 22.6 Å². The molecule has 168 valence electrons. The van der Waals surface area contributed by atoms with E-state index in [0.717, 1.165) is 43.6 Å². The van der Waals surface area contributed by atoms with Crippen LogP contribution in [0, 0.1) is 38.3 Å². The van der Waals surface area contributed by atoms with Crippen molar-refractivity contribution in [3.63, 3.8) is 0 Å². The molecule has 3 aromatic rings. The average Bonchev–Trinajstić information content (AvgIpc) is 2.72. The lowest BCUT2D eigenvalue weighted by molar-refractivity contribution is 0.402. The zero-order chi connectivity index (χ0) is 23.0. The zero-order valence-electron chi connectivity index (χ0n) is 18.5. The Hall–Kier alpha value is -2.73. The molecule has 0 bridgehead atoms. The van der Waals surface area contributed by atoms with E-state index in [1.165, 1.54) is 12.1 Å². The van der Waals surface area contributed by atoms with E-state index in [2.05, 4.69) is 9.88 Å². The molecule has 7 heteroatoms. The third-order valence-electron chi connectivity index (χ3n) is 6.15. The number of hydrogen-bond acceptors (Lipinski definition) is 3. The van der Waals surface area contributed by atoms with Crippen LogP contribution in [0.4, 0.5) is 14.5 Å². The van der Waals surface area contributed by atoms with Gasteiger partial charge in [-0.3, -0.25) is 9.36 Å². The van der Waals surface area contributed by atoms with E-state index in [0.29, 0.717) is 33.7 Å². The molecule has 2 heterocycles. The third-order valence-corrected chi connectivity index (χ3v) is 6.46. The van der Waals surface area contributed by atoms with E-state index in [9.17, 15) is 13.6 Å². The molecule has 1 aliphatic rings. The standard InChI is InChI=1S/C25H26ClF2N3O/c1-15-10-19(13-22(27)25(15)28)12-18-6-8-30(9-7-18)23-5-4-20(14-21(23)26)31-17(3)29-16(2)11-24(31)32/h4-5,10-11,13-14,18H,6-9,12H2,1-3H3. The lowest BCUT2D eigenvalue weighted by Gasteiger charge is -2.34. The highest BCUT2D eigenvalue weighted by molar-refractivity contribution is 6.33. The Balaban J connectivity index is 1.46. The Kier molecular flexibility index (Phi) is 6.33. The molecule has 0 unspecified atom stereocenters. The highest BCUT2D eigenvalue weighted by Gasteiger charge is 2.22. The first kappa shape index (κ1) is 22.5. The van der Waals surface area contributed by atoms with Gasteiger partial charge in [0.15, 0.2) is 11.6 Å². The van der Waals surface area contributed by atoms with E-state index in [1.54, 1.807) is 37.5 Å². The molecule has 0 radical (unpaired) electrons. The van der Waals surface area contributed by atoms with Gasteiger partial charge in [-0.2, -0.15) is 0 Å². The molecule has 0 amide bonds. The topological polar surface area (TPSA) is 38.1 Å². The number of hydrogen-bond donors (Lipinski definition) is 0. The van der Waals surface area contributed by atoms with Crippen molar-refractivity contribution < 1.29 is 8.78 Å². The fourth-order valence-electron chi connectivity index (χ4n) is 4.57. The van der Waals surface area contributed by atoms with Gasteiger partial charge in [-0.1, -0.05) is 17.7 Å². The fraction of sp³-hybridized carbons (Fsp3) is 0.360. The van der Waals surface area contributed by atoms with Crippen LogP contribution in [0.1, 0.15) is 35.5 Å². The predicted molar refractivity (Wildman–Crippen MR) is 124 cm³/mol. The van der Waals surface area contributed by atoms with E-state index in [1.807, 2.05) is 12.1 Å². The number of benzene rings is 2. The molecule has 0 aliphatic carbocycles. The number of rotatable bonds is 4. The van der Waals surface area contributed by atoms with Crippen molar-refractivity contribution in [2.75, 3.05) is 18.0 Å². The summed E-state index contributed by atoms with van der Waals surface area (Å²) >= 11 is 6.61. The highest BCUT2D eigenvalue weighted by atomic mass is 35.5. The second-order valence-electron chi connectivity index (χ2n) is 8.60. The normalized spacial score (nSPS) is 14.8. The van der Waals surface area contributed by atoms with E-state index in [-0.39, 0.29) is 5.56 Å². The molecule has 4 rings (SSSR count). The first-order chi connectivity index (χ1) is 15.2. The fourth-order valence-corrected chi connectivity index (χ4v) is 4.87. The van der Waals surface area contributed by atoms with Gasteiger partial charge in [-0.15, -0.1) is 0 Å². The summed E-state index contributed by atoms with van der Waals surface area (Å²) in [4.78, 5) is 19.0. The molecule has 2 aromatic carbocycles. The van der Waals surface area contributed by atoms with Crippen LogP contribution in [0.15, 0.2) is 41.2 Å². The van der Waals surface area contributed by atoms with Crippen molar-refractivity contribution in [1.29, 1.82) is 0 Å². The van der Waals surface area contributed by atoms with Crippen molar-refractivity contribution in [2.24, 2.45) is 5.92 Å². The summed E-state index contributed by atoms with van der Waals surface area (Å²) in [6, 6.07) is 10.2. The van der Waals surface area contributed by atoms with Crippen LogP contribution in [0.3, 0.4) is 0 Å². The zero-order valence-corrected chi connectivity index (χ0v) is 19.2. The van der Waals surface area contributed by atoms with Gasteiger partial charge in [0.05, 0.1) is 16.4 Å². The molecule has 1 aromatic heterocycles. The smallest absolute Gasteiger partial charge is 0.258 e. The van der Waals surface area contributed by atoms with Crippen LogP contribution >= 0.6 is 11.6 Å². The SMILES string of the molecule is Cc1cc(=O)n(-c2ccc(N3CCC(Cc4cc(C)c(F)c(F)c4)CC3)c(Cl)c2)c(C)n1. The molecule has 0 saturated carbocycles. The Bertz CT molecular complexity index is 1190. The summed E-state index contributed by atoms with van der Waals surface area (Å²) in [5.41, 5.74) is 3.37. The van der Waals surface area contributed by atoms with Gasteiger partial charge in [0.2, 0.25) is 0 Å². The molecule has 0 N–H and O–H groups in total. The molecule has 4 nitrogen and oxygen atoms in total. The first-order valence-electron chi connectivity index (χ1n) is 10.8. The molecule has 1 fully saturated rings. The van der Waals surface area contributed by atoms with E-state index < -0.39 is 11.6 Å². The summed E-state index contributed by atoms with van der Waals surface area (Å²) in [5, 5.41) is 0.587. The Labute approximate surface area is 191 Å². The van der Waals surface area contributed by atoms with Crippen LogP contribution in [0.25, 0.3) is 5.69 Å². The number of piperidine rings is 1. The number of aryl methyl sites for hydroxylation is 3. The summed E-state index contributed by atoms with van der Waals surface area (Å²) in [6.45, 7) is 6.86. The molecule has 0 spiro atoms. The Morgan fingerprint density at radius 3 is 2.41 bits per heavy atom. The van der Waals surface area contributed by atoms with E-state index in [4.69, 9.17) is 11.6 Å². The lowest BCUT2D eigenvalue weighted by atomic mass is 9.89. The molecule has 0 atom stereocenters. The minimum atomic E-state index is -0.776. The van der Waals surface area contributed by atoms with Gasteiger partial charge in [0.1, 0.15) is 5.82 Å². The van der Waals surface area contributed by atoms with Crippen molar-refractivity contribution in [2.45, 2.75) is 40.0 Å². The van der Waals surface area contributed by atoms with Gasteiger partial charge in [0.25, 0.3) is 5.56 Å². The largest absolute Gasteiger partial charge is 0.370 e. The number of nitrogens with zero attached hydrogens (tertiary/aromatic N) is 3. The van der Waals surface area contributed by atoms with Crippen molar-refractivity contribution in [1.82, 2.24) is 9.55 Å². The minimum absolute atomic E-state index is 0.132. The van der Waals surface area contributed by atoms with Gasteiger partial charge in [-0.25, -0.2) is 13.8 Å². The number of halogens is 3. The van der Waals surface area contributed by atoms with Gasteiger partial charge in [0, 0.05) is 24.8 Å². The van der Waals surface area contributed by atoms with Gasteiger partial charge >= 0.3 is 0 Å². The maximum absolute atomic E-state index is 13.7. The van der Waals surface area contributed by atoms with Crippen LogP contribution in [-0.2, 0) is 6.42 Å². The van der Waals surface area contributed by atoms with Crippen molar-refractivity contribution in [3.8, 4) is 5.69 Å². The van der Waals surface area contributed by atoms with Crippen LogP contribution in [0.2, 0.25) is 5.02 Å². The second-order valence-corrected chi connectivity index (χ2v) is 9.00. The van der Waals surface area contributed by atoms with Crippen molar-refractivity contribution in [3.05, 3.63) is 86.1 Å². The lowest BCUT2D eigenvalue weighted by Crippen LogP contribution is -2.34. The average molecular weight is 458 g/mol. The Morgan fingerprint density at radius 2 is 1.78 bits per heavy atom. The van der Waals surface area contributed by atoms with Gasteiger partial charge < -0.3 is 4.90 Å². The predicted octanol–water partition coefficient (Wildman–Crippen LogP) is 5.55. The van der Waals surface area contributed by atoms with E-state index >= 15 is 0 Å². The molecule has 32 heavy (non-hydrogen) atoms. The van der Waals surface area contributed by atoms with Crippen molar-refractivity contribution >= 4 is 17.3 Å². The molecular formula is C25H26ClF2N3O. The highest BCUT2D eigenvalue weighted by Crippen LogP contribution is 2.32. The summed E-state index contributed by atoms with van der Waals surface area (Å²) in [5.74, 6) is -0.511. The maximum atomic E-state index is 13.7. The van der Waals surface area contributed by atoms with Crippen LogP contribution in [0.5, 0.6) is 0 Å². The summed E-state index contributed by atoms with van der Waals surface area (Å²) in [7, 11) is 0. The number of anilines is 1. The first-order valence-corrected chi connectivity index (χ1v) is 11.2. The molecular weight excluding hydrogens is 432 g/mol. The molecule has 1 saturated heterocycles.